The summed E-state index contributed by atoms with van der Waals surface area (Å²) in [6.07, 6.45) is 2.83. The molecule has 0 bridgehead atoms. The van der Waals surface area contributed by atoms with E-state index in [1.165, 1.54) is 20.0 Å². The van der Waals surface area contributed by atoms with Crippen molar-refractivity contribution in [3.8, 4) is 0 Å². The first-order chi connectivity index (χ1) is 8.86. The van der Waals surface area contributed by atoms with Crippen LogP contribution < -0.4 is 5.32 Å². The topological polar surface area (TPSA) is 24.9 Å². The van der Waals surface area contributed by atoms with Crippen LogP contribution in [0, 0.1) is 0 Å². The monoisotopic (exact) mass is 274 g/mol. The minimum Gasteiger partial charge on any atom is -0.312 e. The van der Waals surface area contributed by atoms with Gasteiger partial charge in [0.2, 0.25) is 0 Å². The first-order valence-electron chi connectivity index (χ1n) is 5.91. The van der Waals surface area contributed by atoms with Crippen LogP contribution >= 0.6 is 22.7 Å². The molecule has 0 radical (unpaired) electrons. The van der Waals surface area contributed by atoms with Gasteiger partial charge in [0.25, 0.3) is 0 Å². The molecule has 0 saturated carbocycles. The molecule has 0 aliphatic heterocycles. The highest BCUT2D eigenvalue weighted by atomic mass is 32.1. The van der Waals surface area contributed by atoms with Gasteiger partial charge in [-0.25, -0.2) is 4.98 Å². The Morgan fingerprint density at radius 2 is 2.22 bits per heavy atom. The molecule has 3 aromatic rings. The summed E-state index contributed by atoms with van der Waals surface area (Å²) >= 11 is 3.59. The van der Waals surface area contributed by atoms with Crippen LogP contribution in [0.5, 0.6) is 0 Å². The molecule has 18 heavy (non-hydrogen) atoms. The van der Waals surface area contributed by atoms with Crippen molar-refractivity contribution in [3.05, 3.63) is 51.8 Å². The third-order valence-corrected chi connectivity index (χ3v) is 5.03. The van der Waals surface area contributed by atoms with Crippen LogP contribution in [0.4, 0.5) is 0 Å². The van der Waals surface area contributed by atoms with Crippen molar-refractivity contribution < 1.29 is 0 Å². The van der Waals surface area contributed by atoms with Gasteiger partial charge in [0.05, 0.1) is 5.01 Å². The number of hydrogen-bond acceptors (Lipinski definition) is 4. The number of rotatable bonds is 4. The zero-order chi connectivity index (χ0) is 12.4. The largest absolute Gasteiger partial charge is 0.312 e. The third-order valence-electron chi connectivity index (χ3n) is 3.00. The molecule has 0 fully saturated rings. The van der Waals surface area contributed by atoms with Gasteiger partial charge in [-0.3, -0.25) is 0 Å². The van der Waals surface area contributed by atoms with E-state index < -0.39 is 0 Å². The number of fused-ring (bicyclic) bond motifs is 1. The number of thiophene rings is 1. The van der Waals surface area contributed by atoms with E-state index >= 15 is 0 Å². The molecule has 4 heteroatoms. The molecule has 1 N–H and O–H groups in total. The van der Waals surface area contributed by atoms with E-state index in [1.807, 2.05) is 30.0 Å². The highest BCUT2D eigenvalue weighted by molar-refractivity contribution is 7.19. The maximum Gasteiger partial charge on any atom is 0.0944 e. The first-order valence-corrected chi connectivity index (χ1v) is 7.60. The Balaban J connectivity index is 1.90. The molecule has 0 amide bonds. The molecule has 0 aliphatic rings. The van der Waals surface area contributed by atoms with Crippen LogP contribution in [0.25, 0.3) is 10.1 Å². The Labute approximate surface area is 114 Å². The molecule has 1 atom stereocenters. The molecule has 3 rings (SSSR count). The van der Waals surface area contributed by atoms with Crippen LogP contribution in [-0.4, -0.2) is 12.0 Å². The van der Waals surface area contributed by atoms with Crippen molar-refractivity contribution in [2.75, 3.05) is 7.05 Å². The number of nitrogens with zero attached hydrogens (tertiary/aromatic N) is 1. The van der Waals surface area contributed by atoms with E-state index in [0.717, 1.165) is 6.42 Å². The molecule has 92 valence electrons. The minimum absolute atomic E-state index is 0.355. The van der Waals surface area contributed by atoms with Crippen molar-refractivity contribution in [1.29, 1.82) is 0 Å². The number of aromatic nitrogens is 1. The molecule has 1 aromatic carbocycles. The molecule has 2 nitrogen and oxygen atoms in total. The number of thiazole rings is 1. The first kappa shape index (κ1) is 11.8. The molecule has 2 aromatic heterocycles. The van der Waals surface area contributed by atoms with Gasteiger partial charge in [0.15, 0.2) is 0 Å². The zero-order valence-electron chi connectivity index (χ0n) is 10.1. The average Bonchev–Trinajstić information content (AvgIpc) is 3.04. The van der Waals surface area contributed by atoms with Gasteiger partial charge in [-0.15, -0.1) is 22.7 Å². The Bertz CT molecular complexity index is 595. The van der Waals surface area contributed by atoms with Gasteiger partial charge >= 0.3 is 0 Å². The fourth-order valence-electron chi connectivity index (χ4n) is 2.05. The lowest BCUT2D eigenvalue weighted by molar-refractivity contribution is 0.600. The van der Waals surface area contributed by atoms with Crippen molar-refractivity contribution in [2.45, 2.75) is 12.5 Å². The van der Waals surface area contributed by atoms with E-state index in [4.69, 9.17) is 0 Å². The number of benzene rings is 1. The summed E-state index contributed by atoms with van der Waals surface area (Å²) in [5, 5.41) is 7.95. The lowest BCUT2D eigenvalue weighted by Crippen LogP contribution is -2.17. The highest BCUT2D eigenvalue weighted by Gasteiger charge is 2.14. The van der Waals surface area contributed by atoms with Gasteiger partial charge in [-0.2, -0.15) is 0 Å². The third kappa shape index (κ3) is 2.32. The lowest BCUT2D eigenvalue weighted by atomic mass is 10.1. The van der Waals surface area contributed by atoms with Crippen LogP contribution in [0.1, 0.15) is 15.9 Å². The van der Waals surface area contributed by atoms with Gasteiger partial charge in [-0.1, -0.05) is 18.2 Å². The van der Waals surface area contributed by atoms with Crippen molar-refractivity contribution >= 4 is 32.8 Å². The Kier molecular flexibility index (Phi) is 3.41. The Morgan fingerprint density at radius 1 is 1.33 bits per heavy atom. The summed E-state index contributed by atoms with van der Waals surface area (Å²) < 4.78 is 1.35. The normalized spacial score (nSPS) is 12.9. The molecule has 2 heterocycles. The standard InChI is InChI=1S/C14H14N2S2/c1-15-11(9-14-16-6-7-17-14)13-8-10-4-2-3-5-12(10)18-13/h2-8,11,15H,9H2,1H3. The van der Waals surface area contributed by atoms with Crippen molar-refractivity contribution in [3.63, 3.8) is 0 Å². The molecule has 0 saturated heterocycles. The van der Waals surface area contributed by atoms with Crippen LogP contribution in [0.15, 0.2) is 41.9 Å². The zero-order valence-corrected chi connectivity index (χ0v) is 11.7. The second-order valence-electron chi connectivity index (χ2n) is 4.16. The Hall–Kier alpha value is -1.23. The van der Waals surface area contributed by atoms with E-state index in [9.17, 15) is 0 Å². The van der Waals surface area contributed by atoms with Gasteiger partial charge in [-0.05, 0) is 24.6 Å². The van der Waals surface area contributed by atoms with E-state index in [1.54, 1.807) is 11.3 Å². The number of likely N-dealkylation sites (N-methyl/N-ethyl adjacent to an activating group) is 1. The molecule has 1 unspecified atom stereocenters. The van der Waals surface area contributed by atoms with Gasteiger partial charge in [0, 0.05) is 33.6 Å². The maximum atomic E-state index is 4.37. The summed E-state index contributed by atoms with van der Waals surface area (Å²) in [6.45, 7) is 0. The van der Waals surface area contributed by atoms with Crippen LogP contribution in [0.2, 0.25) is 0 Å². The predicted molar refractivity (Wildman–Crippen MR) is 79.4 cm³/mol. The van der Waals surface area contributed by atoms with Crippen LogP contribution in [0.3, 0.4) is 0 Å². The van der Waals surface area contributed by atoms with E-state index in [2.05, 4.69) is 40.6 Å². The Morgan fingerprint density at radius 3 is 2.94 bits per heavy atom. The summed E-state index contributed by atoms with van der Waals surface area (Å²) in [5.74, 6) is 0. The summed E-state index contributed by atoms with van der Waals surface area (Å²) in [4.78, 5) is 5.75. The predicted octanol–water partition coefficient (Wildman–Crippen LogP) is 3.86. The summed E-state index contributed by atoms with van der Waals surface area (Å²) in [5.41, 5.74) is 0. The fourth-order valence-corrected chi connectivity index (χ4v) is 3.89. The summed E-state index contributed by atoms with van der Waals surface area (Å²) in [7, 11) is 2.02. The maximum absolute atomic E-state index is 4.37. The minimum atomic E-state index is 0.355. The summed E-state index contributed by atoms with van der Waals surface area (Å²) in [6, 6.07) is 11.2. The van der Waals surface area contributed by atoms with E-state index in [-0.39, 0.29) is 0 Å². The average molecular weight is 274 g/mol. The lowest BCUT2D eigenvalue weighted by Gasteiger charge is -2.12. The molecule has 0 spiro atoms. The van der Waals surface area contributed by atoms with Crippen molar-refractivity contribution in [2.24, 2.45) is 0 Å². The smallest absolute Gasteiger partial charge is 0.0944 e. The molecular formula is C14H14N2S2. The molecular weight excluding hydrogens is 260 g/mol. The number of hydrogen-bond donors (Lipinski definition) is 1. The van der Waals surface area contributed by atoms with E-state index in [0.29, 0.717) is 6.04 Å². The van der Waals surface area contributed by atoms with Crippen molar-refractivity contribution in [1.82, 2.24) is 10.3 Å². The second-order valence-corrected chi connectivity index (χ2v) is 6.25. The quantitative estimate of drug-likeness (QED) is 0.781. The SMILES string of the molecule is CNC(Cc1nccs1)c1cc2ccccc2s1. The van der Waals surface area contributed by atoms with Gasteiger partial charge in [0.1, 0.15) is 0 Å². The fraction of sp³-hybridized carbons (Fsp3) is 0.214. The van der Waals surface area contributed by atoms with Gasteiger partial charge < -0.3 is 5.32 Å². The van der Waals surface area contributed by atoms with Crippen LogP contribution in [-0.2, 0) is 6.42 Å². The molecule has 0 aliphatic carbocycles. The number of nitrogens with one attached hydrogen (secondary N) is 1. The second kappa shape index (κ2) is 5.18. The highest BCUT2D eigenvalue weighted by Crippen LogP contribution is 2.31.